The summed E-state index contributed by atoms with van der Waals surface area (Å²) in [4.78, 5) is 0. The van der Waals surface area contributed by atoms with E-state index in [-0.39, 0.29) is 19.4 Å². The van der Waals surface area contributed by atoms with E-state index in [0.717, 1.165) is 13.0 Å². The van der Waals surface area contributed by atoms with Gasteiger partial charge in [-0.2, -0.15) is 8.42 Å². The van der Waals surface area contributed by atoms with Crippen LogP contribution in [0.25, 0.3) is 0 Å². The zero-order valence-electron chi connectivity index (χ0n) is 15.9. The Morgan fingerprint density at radius 1 is 0.640 bits per heavy atom. The Morgan fingerprint density at radius 2 is 1.04 bits per heavy atom. The van der Waals surface area contributed by atoms with Gasteiger partial charge in [-0.05, 0) is 6.42 Å². The molecule has 0 saturated carbocycles. The molecule has 0 aromatic carbocycles. The molecule has 0 aromatic rings. The van der Waals surface area contributed by atoms with Crippen molar-refractivity contribution in [1.82, 2.24) is 6.15 Å². The van der Waals surface area contributed by atoms with Crippen molar-refractivity contribution >= 4 is 10.4 Å². The van der Waals surface area contributed by atoms with E-state index in [1.165, 1.54) is 44.9 Å². The molecule has 25 heavy (non-hydrogen) atoms. The third-order valence-electron chi connectivity index (χ3n) is 3.35. The Labute approximate surface area is 153 Å². The summed E-state index contributed by atoms with van der Waals surface area (Å²) in [7, 11) is -4.37. The molecular formula is C16H38NO7S+. The van der Waals surface area contributed by atoms with E-state index in [1.807, 2.05) is 0 Å². The van der Waals surface area contributed by atoms with E-state index in [2.05, 4.69) is 11.1 Å². The zero-order valence-corrected chi connectivity index (χ0v) is 16.7. The minimum Gasteiger partial charge on any atom is -0.379 e. The van der Waals surface area contributed by atoms with Crippen molar-refractivity contribution in [3.05, 3.63) is 0 Å². The highest BCUT2D eigenvalue weighted by atomic mass is 32.3. The molecule has 0 aliphatic carbocycles. The van der Waals surface area contributed by atoms with Crippen LogP contribution in [0.2, 0.25) is 0 Å². The van der Waals surface area contributed by atoms with Crippen LogP contribution in [-0.4, -0.2) is 59.2 Å². The van der Waals surface area contributed by atoms with Crippen LogP contribution in [0.1, 0.15) is 58.3 Å². The topological polar surface area (TPSA) is 128 Å². The van der Waals surface area contributed by atoms with Gasteiger partial charge in [-0.25, -0.2) is 4.18 Å². The van der Waals surface area contributed by atoms with Gasteiger partial charge in [0.05, 0.1) is 39.6 Å². The SMILES string of the molecule is CCCCCCCCCCOCCOCCOCCOS(=O)(=O)O.[NH4+]. The first-order valence-corrected chi connectivity index (χ1v) is 10.3. The highest BCUT2D eigenvalue weighted by Gasteiger charge is 2.02. The molecule has 9 heteroatoms. The van der Waals surface area contributed by atoms with Crippen LogP contribution >= 0.6 is 0 Å². The fourth-order valence-corrected chi connectivity index (χ4v) is 2.36. The maximum atomic E-state index is 10.2. The lowest BCUT2D eigenvalue weighted by atomic mass is 10.1. The predicted molar refractivity (Wildman–Crippen MR) is 98.6 cm³/mol. The first-order chi connectivity index (χ1) is 11.6. The minimum absolute atomic E-state index is 0. The van der Waals surface area contributed by atoms with E-state index in [1.54, 1.807) is 0 Å². The normalized spacial score (nSPS) is 11.4. The lowest BCUT2D eigenvalue weighted by molar-refractivity contribution is 0.00854. The maximum Gasteiger partial charge on any atom is 0.397 e. The fraction of sp³-hybridized carbons (Fsp3) is 1.00. The molecule has 0 aromatic heterocycles. The molecular weight excluding hydrogens is 350 g/mol. The third kappa shape index (κ3) is 26.1. The van der Waals surface area contributed by atoms with Gasteiger partial charge in [-0.3, -0.25) is 4.55 Å². The molecule has 0 heterocycles. The molecule has 0 fully saturated rings. The summed E-state index contributed by atoms with van der Waals surface area (Å²) < 4.78 is 48.7. The molecule has 0 bridgehead atoms. The highest BCUT2D eigenvalue weighted by Crippen LogP contribution is 2.08. The predicted octanol–water partition coefficient (Wildman–Crippen LogP) is 3.37. The molecule has 154 valence electrons. The number of hydrogen-bond donors (Lipinski definition) is 2. The maximum absolute atomic E-state index is 10.2. The second-order valence-electron chi connectivity index (χ2n) is 5.56. The lowest BCUT2D eigenvalue weighted by Gasteiger charge is -2.07. The van der Waals surface area contributed by atoms with E-state index in [4.69, 9.17) is 18.8 Å². The summed E-state index contributed by atoms with van der Waals surface area (Å²) >= 11 is 0. The van der Waals surface area contributed by atoms with Crippen molar-refractivity contribution in [3.63, 3.8) is 0 Å². The van der Waals surface area contributed by atoms with Crippen LogP contribution in [0.5, 0.6) is 0 Å². The fourth-order valence-electron chi connectivity index (χ4n) is 2.08. The van der Waals surface area contributed by atoms with Crippen molar-refractivity contribution in [2.75, 3.05) is 46.2 Å². The van der Waals surface area contributed by atoms with Gasteiger partial charge in [-0.15, -0.1) is 0 Å². The standard InChI is InChI=1S/C16H34O7S.H3N/c1-2-3-4-5-6-7-8-9-10-20-11-12-21-13-14-22-15-16-23-24(17,18)19;/h2-16H2,1H3,(H,17,18,19);1H3/p+1. The van der Waals surface area contributed by atoms with Gasteiger partial charge >= 0.3 is 10.4 Å². The number of quaternary nitrogens is 1. The second kappa shape index (κ2) is 20.0. The van der Waals surface area contributed by atoms with Gasteiger partial charge in [0.1, 0.15) is 0 Å². The van der Waals surface area contributed by atoms with E-state index in [0.29, 0.717) is 26.4 Å². The largest absolute Gasteiger partial charge is 0.397 e. The van der Waals surface area contributed by atoms with Crippen LogP contribution in [0.4, 0.5) is 0 Å². The molecule has 0 saturated heterocycles. The van der Waals surface area contributed by atoms with Crippen molar-refractivity contribution in [2.24, 2.45) is 0 Å². The highest BCUT2D eigenvalue weighted by molar-refractivity contribution is 7.80. The van der Waals surface area contributed by atoms with Crippen LogP contribution < -0.4 is 6.15 Å². The average Bonchev–Trinajstić information content (AvgIpc) is 2.52. The zero-order chi connectivity index (χ0) is 17.9. The first kappa shape index (κ1) is 26.9. The van der Waals surface area contributed by atoms with Crippen molar-refractivity contribution in [2.45, 2.75) is 58.3 Å². The number of unbranched alkanes of at least 4 members (excludes halogenated alkanes) is 7. The Hall–Kier alpha value is -0.290. The average molecular weight is 389 g/mol. The molecule has 0 unspecified atom stereocenters. The molecule has 5 N–H and O–H groups in total. The summed E-state index contributed by atoms with van der Waals surface area (Å²) in [6, 6.07) is 0. The van der Waals surface area contributed by atoms with Crippen LogP contribution in [-0.2, 0) is 28.8 Å². The molecule has 8 nitrogen and oxygen atoms in total. The molecule has 0 spiro atoms. The van der Waals surface area contributed by atoms with Crippen LogP contribution in [0.15, 0.2) is 0 Å². The molecule has 0 amide bonds. The molecule has 0 atom stereocenters. The first-order valence-electron chi connectivity index (χ1n) is 8.91. The van der Waals surface area contributed by atoms with Crippen LogP contribution in [0, 0.1) is 0 Å². The van der Waals surface area contributed by atoms with Gasteiger partial charge in [-0.1, -0.05) is 51.9 Å². The van der Waals surface area contributed by atoms with E-state index in [9.17, 15) is 8.42 Å². The van der Waals surface area contributed by atoms with Crippen molar-refractivity contribution in [3.8, 4) is 0 Å². The molecule has 0 radical (unpaired) electrons. The Kier molecular flexibility index (Phi) is 21.6. The summed E-state index contributed by atoms with van der Waals surface area (Å²) in [6.45, 7) is 4.72. The molecule has 0 aliphatic heterocycles. The minimum atomic E-state index is -4.37. The summed E-state index contributed by atoms with van der Waals surface area (Å²) in [5.74, 6) is 0. The van der Waals surface area contributed by atoms with Gasteiger partial charge < -0.3 is 20.4 Å². The third-order valence-corrected chi connectivity index (χ3v) is 3.81. The Morgan fingerprint density at radius 3 is 1.52 bits per heavy atom. The summed E-state index contributed by atoms with van der Waals surface area (Å²) in [5, 5.41) is 0. The van der Waals surface area contributed by atoms with Crippen LogP contribution in [0.3, 0.4) is 0 Å². The molecule has 0 aliphatic rings. The van der Waals surface area contributed by atoms with E-state index < -0.39 is 10.4 Å². The number of hydrogen-bond acceptors (Lipinski definition) is 6. The van der Waals surface area contributed by atoms with Crippen molar-refractivity contribution in [1.29, 1.82) is 0 Å². The van der Waals surface area contributed by atoms with Gasteiger partial charge in [0.25, 0.3) is 0 Å². The summed E-state index contributed by atoms with van der Waals surface area (Å²) in [5.41, 5.74) is 0. The lowest BCUT2D eigenvalue weighted by Crippen LogP contribution is -2.13. The monoisotopic (exact) mass is 388 g/mol. The Bertz CT molecular complexity index is 352. The molecule has 0 rings (SSSR count). The Balaban J connectivity index is 0. The van der Waals surface area contributed by atoms with Crippen molar-refractivity contribution < 1.29 is 31.4 Å². The second-order valence-corrected chi connectivity index (χ2v) is 6.65. The number of ether oxygens (including phenoxy) is 3. The quantitative estimate of drug-likeness (QED) is 0.256. The van der Waals surface area contributed by atoms with E-state index >= 15 is 0 Å². The van der Waals surface area contributed by atoms with Gasteiger partial charge in [0, 0.05) is 6.61 Å². The smallest absolute Gasteiger partial charge is 0.379 e. The van der Waals surface area contributed by atoms with Gasteiger partial charge in [0.15, 0.2) is 0 Å². The van der Waals surface area contributed by atoms with Gasteiger partial charge in [0.2, 0.25) is 0 Å². The number of rotatable bonds is 19. The summed E-state index contributed by atoms with van der Waals surface area (Å²) in [6.07, 6.45) is 10.3.